The van der Waals surface area contributed by atoms with Crippen LogP contribution in [0.4, 0.5) is 0 Å². The smallest absolute Gasteiger partial charge is 0.305 e. The molecule has 0 aliphatic heterocycles. The Morgan fingerprint density at radius 3 is 2.62 bits per heavy atom. The number of nitrogens with zero attached hydrogens (tertiary/aromatic N) is 2. The van der Waals surface area contributed by atoms with E-state index in [2.05, 4.69) is 22.2 Å². The number of fused-ring (bicyclic) bond motifs is 3. The minimum absolute atomic E-state index is 0.206. The van der Waals surface area contributed by atoms with Crippen LogP contribution in [0.2, 0.25) is 0 Å². The summed E-state index contributed by atoms with van der Waals surface area (Å²) < 4.78 is 1.45. The molecule has 0 bridgehead atoms. The molecule has 4 heteroatoms. The van der Waals surface area contributed by atoms with Gasteiger partial charge in [0.15, 0.2) is 0 Å². The number of hydrogen-bond acceptors (Lipinski definition) is 2. The van der Waals surface area contributed by atoms with E-state index in [0.29, 0.717) is 0 Å². The van der Waals surface area contributed by atoms with Crippen molar-refractivity contribution in [3.8, 4) is 0 Å². The van der Waals surface area contributed by atoms with Crippen LogP contribution >= 0.6 is 0 Å². The van der Waals surface area contributed by atoms with Gasteiger partial charge in [0.2, 0.25) is 0 Å². The lowest BCUT2D eigenvalue weighted by molar-refractivity contribution is 0.850. The average molecular weight is 275 g/mol. The van der Waals surface area contributed by atoms with Gasteiger partial charge in [-0.15, -0.1) is 0 Å². The second-order valence-corrected chi connectivity index (χ2v) is 5.07. The summed E-state index contributed by atoms with van der Waals surface area (Å²) in [7, 11) is 0. The molecular formula is C17H13N3O. The number of benzene rings is 2. The summed E-state index contributed by atoms with van der Waals surface area (Å²) in [5.74, 6) is 0. The fourth-order valence-electron chi connectivity index (χ4n) is 2.65. The molecule has 0 aliphatic rings. The van der Waals surface area contributed by atoms with Gasteiger partial charge < -0.3 is 4.98 Å². The Labute approximate surface area is 120 Å². The number of rotatable bonds is 2. The van der Waals surface area contributed by atoms with Gasteiger partial charge in [-0.1, -0.05) is 48.5 Å². The molecule has 0 fully saturated rings. The molecule has 21 heavy (non-hydrogen) atoms. The van der Waals surface area contributed by atoms with E-state index in [-0.39, 0.29) is 5.69 Å². The number of para-hydroxylation sites is 1. The van der Waals surface area contributed by atoms with Crippen LogP contribution in [0.3, 0.4) is 0 Å². The zero-order valence-electron chi connectivity index (χ0n) is 11.3. The first kappa shape index (κ1) is 11.9. The average Bonchev–Trinajstić information content (AvgIpc) is 2.93. The SMILES string of the molecule is O=c1[nH]c2ccccc2c2cc(Cc3ccccc3)nn12. The fourth-order valence-corrected chi connectivity index (χ4v) is 2.65. The van der Waals surface area contributed by atoms with Gasteiger partial charge in [0.05, 0.1) is 16.7 Å². The predicted molar refractivity (Wildman–Crippen MR) is 82.6 cm³/mol. The van der Waals surface area contributed by atoms with Crippen LogP contribution in [-0.2, 0) is 6.42 Å². The van der Waals surface area contributed by atoms with Gasteiger partial charge in [-0.3, -0.25) is 0 Å². The van der Waals surface area contributed by atoms with Gasteiger partial charge in [-0.25, -0.2) is 4.79 Å². The molecule has 4 aromatic rings. The summed E-state index contributed by atoms with van der Waals surface area (Å²) in [6, 6.07) is 19.9. The van der Waals surface area contributed by atoms with Crippen molar-refractivity contribution in [2.24, 2.45) is 0 Å². The number of aromatic amines is 1. The third-order valence-corrected chi connectivity index (χ3v) is 3.63. The highest BCUT2D eigenvalue weighted by Crippen LogP contribution is 2.18. The highest BCUT2D eigenvalue weighted by molar-refractivity contribution is 5.93. The van der Waals surface area contributed by atoms with Crippen molar-refractivity contribution in [2.45, 2.75) is 6.42 Å². The number of nitrogens with one attached hydrogen (secondary N) is 1. The van der Waals surface area contributed by atoms with Gasteiger partial charge in [0.25, 0.3) is 0 Å². The standard InChI is InChI=1S/C17H13N3O/c21-17-18-15-9-5-4-8-14(15)16-11-13(19-20(16)17)10-12-6-2-1-3-7-12/h1-9,11H,10H2,(H,18,21). The zero-order valence-corrected chi connectivity index (χ0v) is 11.3. The summed E-state index contributed by atoms with van der Waals surface area (Å²) in [5, 5.41) is 5.43. The van der Waals surface area contributed by atoms with Crippen molar-refractivity contribution >= 4 is 16.4 Å². The molecule has 0 spiro atoms. The molecule has 2 aromatic carbocycles. The number of H-pyrrole nitrogens is 1. The lowest BCUT2D eigenvalue weighted by atomic mass is 10.1. The fraction of sp³-hybridized carbons (Fsp3) is 0.0588. The van der Waals surface area contributed by atoms with Crippen molar-refractivity contribution in [1.29, 1.82) is 0 Å². The van der Waals surface area contributed by atoms with Crippen LogP contribution in [0.5, 0.6) is 0 Å². The molecule has 102 valence electrons. The first-order valence-corrected chi connectivity index (χ1v) is 6.85. The molecule has 0 aliphatic carbocycles. The third kappa shape index (κ3) is 2.01. The van der Waals surface area contributed by atoms with E-state index in [1.54, 1.807) is 0 Å². The predicted octanol–water partition coefficient (Wildman–Crippen LogP) is 2.77. The summed E-state index contributed by atoms with van der Waals surface area (Å²) in [6.45, 7) is 0. The van der Waals surface area contributed by atoms with Crippen molar-refractivity contribution < 1.29 is 0 Å². The highest BCUT2D eigenvalue weighted by atomic mass is 16.1. The molecule has 4 nitrogen and oxygen atoms in total. The highest BCUT2D eigenvalue weighted by Gasteiger charge is 2.09. The van der Waals surface area contributed by atoms with E-state index < -0.39 is 0 Å². The molecule has 0 unspecified atom stereocenters. The Morgan fingerprint density at radius 2 is 1.76 bits per heavy atom. The van der Waals surface area contributed by atoms with Gasteiger partial charge >= 0.3 is 5.69 Å². The van der Waals surface area contributed by atoms with Gasteiger partial charge in [0, 0.05) is 11.8 Å². The molecule has 0 saturated carbocycles. The normalized spacial score (nSPS) is 11.2. The van der Waals surface area contributed by atoms with Gasteiger partial charge in [-0.05, 0) is 17.7 Å². The maximum Gasteiger partial charge on any atom is 0.347 e. The van der Waals surface area contributed by atoms with E-state index in [0.717, 1.165) is 28.5 Å². The molecule has 0 atom stereocenters. The monoisotopic (exact) mass is 275 g/mol. The lowest BCUT2D eigenvalue weighted by Gasteiger charge is -1.98. The maximum absolute atomic E-state index is 12.1. The van der Waals surface area contributed by atoms with E-state index >= 15 is 0 Å². The second kappa shape index (κ2) is 4.59. The Morgan fingerprint density at radius 1 is 1.00 bits per heavy atom. The molecular weight excluding hydrogens is 262 g/mol. The largest absolute Gasteiger partial charge is 0.347 e. The molecule has 2 aromatic heterocycles. The van der Waals surface area contributed by atoms with E-state index in [4.69, 9.17) is 0 Å². The summed E-state index contributed by atoms with van der Waals surface area (Å²) in [5.41, 5.74) is 3.55. The van der Waals surface area contributed by atoms with Gasteiger partial charge in [-0.2, -0.15) is 9.61 Å². The lowest BCUT2D eigenvalue weighted by Crippen LogP contribution is -2.17. The summed E-state index contributed by atoms with van der Waals surface area (Å²) in [6.07, 6.45) is 0.719. The summed E-state index contributed by atoms with van der Waals surface area (Å²) in [4.78, 5) is 15.0. The number of aromatic nitrogens is 3. The van der Waals surface area contributed by atoms with Crippen molar-refractivity contribution in [3.05, 3.63) is 82.4 Å². The second-order valence-electron chi connectivity index (χ2n) is 5.07. The number of hydrogen-bond donors (Lipinski definition) is 1. The molecule has 1 N–H and O–H groups in total. The van der Waals surface area contributed by atoms with Crippen LogP contribution in [-0.4, -0.2) is 14.6 Å². The molecule has 2 heterocycles. The van der Waals surface area contributed by atoms with Crippen LogP contribution in [0, 0.1) is 0 Å². The first-order chi connectivity index (χ1) is 10.3. The minimum Gasteiger partial charge on any atom is -0.305 e. The van der Waals surface area contributed by atoms with Crippen LogP contribution in [0.25, 0.3) is 16.4 Å². The molecule has 0 radical (unpaired) electrons. The Balaban J connectivity index is 1.91. The van der Waals surface area contributed by atoms with E-state index in [1.165, 1.54) is 10.1 Å². The molecule has 4 rings (SSSR count). The zero-order chi connectivity index (χ0) is 14.2. The maximum atomic E-state index is 12.1. The summed E-state index contributed by atoms with van der Waals surface area (Å²) >= 11 is 0. The Bertz CT molecular complexity index is 983. The van der Waals surface area contributed by atoms with Crippen LogP contribution in [0.15, 0.2) is 65.5 Å². The Kier molecular flexibility index (Phi) is 2.60. The minimum atomic E-state index is -0.206. The Hall–Kier alpha value is -2.88. The third-order valence-electron chi connectivity index (χ3n) is 3.63. The van der Waals surface area contributed by atoms with Crippen molar-refractivity contribution in [1.82, 2.24) is 14.6 Å². The first-order valence-electron chi connectivity index (χ1n) is 6.85. The van der Waals surface area contributed by atoms with Crippen LogP contribution < -0.4 is 5.69 Å². The topological polar surface area (TPSA) is 50.2 Å². The van der Waals surface area contributed by atoms with E-state index in [9.17, 15) is 4.79 Å². The van der Waals surface area contributed by atoms with Crippen LogP contribution in [0.1, 0.15) is 11.3 Å². The van der Waals surface area contributed by atoms with E-state index in [1.807, 2.05) is 48.5 Å². The molecule has 0 amide bonds. The van der Waals surface area contributed by atoms with Gasteiger partial charge in [0.1, 0.15) is 0 Å². The molecule has 0 saturated heterocycles. The van der Waals surface area contributed by atoms with Crippen molar-refractivity contribution in [2.75, 3.05) is 0 Å². The quantitative estimate of drug-likeness (QED) is 0.611. The van der Waals surface area contributed by atoms with Crippen molar-refractivity contribution in [3.63, 3.8) is 0 Å².